The summed E-state index contributed by atoms with van der Waals surface area (Å²) in [6.07, 6.45) is 0. The van der Waals surface area contributed by atoms with E-state index in [9.17, 15) is 4.79 Å². The van der Waals surface area contributed by atoms with E-state index in [4.69, 9.17) is 11.1 Å². The number of amidine groups is 1. The lowest BCUT2D eigenvalue weighted by Gasteiger charge is -2.21. The number of rotatable bonds is 1. The Morgan fingerprint density at radius 1 is 1.53 bits per heavy atom. The molecule has 1 atom stereocenters. The van der Waals surface area contributed by atoms with E-state index in [2.05, 4.69) is 5.32 Å². The molecule has 1 aromatic carbocycles. The number of anilines is 1. The number of nitrogens with two attached hydrogens (primary N) is 2. The molecule has 0 radical (unpaired) electrons. The largest absolute Gasteiger partial charge is 0.323 e. The van der Waals surface area contributed by atoms with E-state index in [0.717, 1.165) is 10.6 Å². The number of hydrogen-bond acceptors (Lipinski definition) is 3. The van der Waals surface area contributed by atoms with Crippen LogP contribution in [0.4, 0.5) is 5.69 Å². The van der Waals surface area contributed by atoms with E-state index in [1.54, 1.807) is 0 Å². The van der Waals surface area contributed by atoms with Crippen LogP contribution in [0.3, 0.4) is 0 Å². The van der Waals surface area contributed by atoms with Gasteiger partial charge in [-0.3, -0.25) is 15.9 Å². The van der Waals surface area contributed by atoms with Crippen LogP contribution in [0.2, 0.25) is 0 Å². The second-order valence-corrected chi connectivity index (χ2v) is 5.58. The molecule has 1 aliphatic heterocycles. The molecule has 1 aliphatic rings. The van der Waals surface area contributed by atoms with Crippen molar-refractivity contribution in [2.24, 2.45) is 5.73 Å². The van der Waals surface area contributed by atoms with Gasteiger partial charge in [-0.1, -0.05) is 23.9 Å². The molecule has 1 amide bonds. The highest BCUT2D eigenvalue weighted by molar-refractivity contribution is 8.25. The van der Waals surface area contributed by atoms with Crippen LogP contribution < -0.4 is 16.5 Å². The van der Waals surface area contributed by atoms with Crippen molar-refractivity contribution in [3.63, 3.8) is 0 Å². The number of fused-ring (bicyclic) bond motifs is 1. The van der Waals surface area contributed by atoms with Gasteiger partial charge in [-0.25, -0.2) is 0 Å². The van der Waals surface area contributed by atoms with Crippen molar-refractivity contribution in [1.82, 2.24) is 0 Å². The summed E-state index contributed by atoms with van der Waals surface area (Å²) in [7, 11) is 0. The van der Waals surface area contributed by atoms with Crippen molar-refractivity contribution in [3.8, 4) is 0 Å². The van der Waals surface area contributed by atoms with Crippen LogP contribution in [-0.2, 0) is 4.79 Å². The van der Waals surface area contributed by atoms with Crippen molar-refractivity contribution in [2.75, 3.05) is 5.32 Å². The number of benzene rings is 1. The van der Waals surface area contributed by atoms with E-state index in [1.165, 1.54) is 23.5 Å². The van der Waals surface area contributed by atoms with Gasteiger partial charge in [0.25, 0.3) is 0 Å². The zero-order valence-electron chi connectivity index (χ0n) is 7.77. The molecule has 1 heterocycles. The molecule has 0 spiro atoms. The normalized spacial score (nSPS) is 19.2. The topological polar surface area (TPSA) is 80.7 Å². The van der Waals surface area contributed by atoms with E-state index in [0.29, 0.717) is 0 Å². The maximum Gasteiger partial charge on any atom is 0.301 e. The molecule has 5 N–H and O–H groups in total. The van der Waals surface area contributed by atoms with Gasteiger partial charge in [-0.05, 0) is 23.9 Å². The van der Waals surface area contributed by atoms with Gasteiger partial charge in [0.15, 0.2) is 0 Å². The van der Waals surface area contributed by atoms with Gasteiger partial charge in [0.2, 0.25) is 5.91 Å². The molecule has 2 rings (SSSR count). The second-order valence-electron chi connectivity index (χ2n) is 2.96. The molecular formula is C9H10N3OS2+. The Labute approximate surface area is 95.5 Å². The van der Waals surface area contributed by atoms with E-state index in [-0.39, 0.29) is 15.7 Å². The second kappa shape index (κ2) is 4.16. The molecule has 0 aromatic heterocycles. The fourth-order valence-corrected chi connectivity index (χ4v) is 3.28. The third-order valence-corrected chi connectivity index (χ3v) is 4.15. The summed E-state index contributed by atoms with van der Waals surface area (Å²) in [4.78, 5) is 12.7. The Bertz CT molecular complexity index is 422. The Kier molecular flexibility index (Phi) is 2.88. The zero-order valence-corrected chi connectivity index (χ0v) is 9.40. The molecule has 6 heteroatoms. The Morgan fingerprint density at radius 3 is 3.00 bits per heavy atom. The fourth-order valence-electron chi connectivity index (χ4n) is 1.23. The van der Waals surface area contributed by atoms with Crippen LogP contribution in [-0.4, -0.2) is 15.7 Å². The molecule has 0 fully saturated rings. The molecule has 1 unspecified atom stereocenters. The number of hydrogen-bond donors (Lipinski definition) is 3. The van der Waals surface area contributed by atoms with Crippen molar-refractivity contribution in [3.05, 3.63) is 24.3 Å². The highest BCUT2D eigenvalue weighted by Gasteiger charge is 2.29. The molecule has 0 aliphatic carbocycles. The van der Waals surface area contributed by atoms with Gasteiger partial charge in [-0.15, -0.1) is 0 Å². The average molecular weight is 240 g/mol. The van der Waals surface area contributed by atoms with Gasteiger partial charge in [0, 0.05) is 4.90 Å². The van der Waals surface area contributed by atoms with Gasteiger partial charge < -0.3 is 5.32 Å². The standard InChI is InChI=1S/C9H9N3OS2/c10-9(11)15-8-7(13)12-5-3-1-2-4-6(5)14-8/h1-4,8H,(H3,10,11)(H,12,13)/p+1. The summed E-state index contributed by atoms with van der Waals surface area (Å²) in [6.45, 7) is 0. The summed E-state index contributed by atoms with van der Waals surface area (Å²) in [5, 5.41) is 8.39. The molecule has 78 valence electrons. The lowest BCUT2D eigenvalue weighted by Crippen LogP contribution is -2.45. The van der Waals surface area contributed by atoms with Gasteiger partial charge >= 0.3 is 5.17 Å². The molecule has 4 nitrogen and oxygen atoms in total. The van der Waals surface area contributed by atoms with Crippen molar-refractivity contribution in [1.29, 1.82) is 0 Å². The number of carbonyl (C=O) groups is 1. The zero-order chi connectivity index (χ0) is 10.8. The highest BCUT2D eigenvalue weighted by atomic mass is 32.2. The quantitative estimate of drug-likeness (QED) is 0.471. The number of nitrogens with one attached hydrogen (secondary N) is 1. The fraction of sp³-hybridized carbons (Fsp3) is 0.111. The molecule has 0 saturated carbocycles. The van der Waals surface area contributed by atoms with Crippen LogP contribution in [0.25, 0.3) is 0 Å². The maximum atomic E-state index is 11.6. The summed E-state index contributed by atoms with van der Waals surface area (Å²) in [5.74, 6) is -0.0721. The third kappa shape index (κ3) is 2.27. The molecule has 0 saturated heterocycles. The molecular weight excluding hydrogens is 230 g/mol. The van der Waals surface area contributed by atoms with Crippen LogP contribution in [0, 0.1) is 0 Å². The maximum absolute atomic E-state index is 11.6. The minimum absolute atomic E-state index is 0.0721. The van der Waals surface area contributed by atoms with Gasteiger partial charge in [-0.2, -0.15) is 0 Å². The van der Waals surface area contributed by atoms with Crippen molar-refractivity contribution < 1.29 is 10.2 Å². The Balaban J connectivity index is 2.22. The molecule has 1 aromatic rings. The first-order chi connectivity index (χ1) is 7.16. The first-order valence-electron chi connectivity index (χ1n) is 4.28. The predicted molar refractivity (Wildman–Crippen MR) is 63.4 cm³/mol. The van der Waals surface area contributed by atoms with Crippen LogP contribution >= 0.6 is 23.5 Å². The Morgan fingerprint density at radius 2 is 2.27 bits per heavy atom. The van der Waals surface area contributed by atoms with Crippen LogP contribution in [0.5, 0.6) is 0 Å². The van der Waals surface area contributed by atoms with Crippen molar-refractivity contribution in [2.45, 2.75) is 9.48 Å². The molecule has 15 heavy (non-hydrogen) atoms. The number of para-hydroxylation sites is 1. The number of carbonyl (C=O) groups excluding carboxylic acids is 1. The monoisotopic (exact) mass is 240 g/mol. The summed E-state index contributed by atoms with van der Waals surface area (Å²) in [5.41, 5.74) is 6.22. The lowest BCUT2D eigenvalue weighted by molar-refractivity contribution is -0.115. The smallest absolute Gasteiger partial charge is 0.301 e. The highest BCUT2D eigenvalue weighted by Crippen LogP contribution is 2.39. The summed E-state index contributed by atoms with van der Waals surface area (Å²) >= 11 is 2.63. The van der Waals surface area contributed by atoms with E-state index < -0.39 is 0 Å². The van der Waals surface area contributed by atoms with Crippen LogP contribution in [0.1, 0.15) is 0 Å². The van der Waals surface area contributed by atoms with Crippen LogP contribution in [0.15, 0.2) is 29.2 Å². The molecule has 0 bridgehead atoms. The number of thioether (sulfide) groups is 2. The number of amides is 1. The Hall–Kier alpha value is -1.14. The van der Waals surface area contributed by atoms with Crippen molar-refractivity contribution >= 4 is 40.3 Å². The predicted octanol–water partition coefficient (Wildman–Crippen LogP) is -0.136. The van der Waals surface area contributed by atoms with E-state index in [1.807, 2.05) is 24.3 Å². The average Bonchev–Trinajstić information content (AvgIpc) is 2.18. The third-order valence-electron chi connectivity index (χ3n) is 1.84. The summed E-state index contributed by atoms with van der Waals surface area (Å²) < 4.78 is -0.301. The SMILES string of the molecule is NC(=[NH2+])SC1Sc2ccccc2NC1=O. The minimum Gasteiger partial charge on any atom is -0.323 e. The summed E-state index contributed by atoms with van der Waals surface area (Å²) in [6, 6.07) is 7.65. The first-order valence-corrected chi connectivity index (χ1v) is 6.04. The van der Waals surface area contributed by atoms with E-state index >= 15 is 0 Å². The lowest BCUT2D eigenvalue weighted by atomic mass is 10.3. The van der Waals surface area contributed by atoms with Gasteiger partial charge in [0.05, 0.1) is 5.69 Å². The van der Waals surface area contributed by atoms with Gasteiger partial charge in [0.1, 0.15) is 4.58 Å². The minimum atomic E-state index is -0.301. The first kappa shape index (κ1) is 10.4.